The SMILES string of the molecule is COCCCC(C)(C)c1cc2ncc(C(=O)CCC[C@@H](CC3CC3)[C@@H]3COC(C)(C)N3C(=O)OC(C)(C)C)nc2n1C. The summed E-state index contributed by atoms with van der Waals surface area (Å²) in [6, 6.07) is 2.02. The molecule has 0 unspecified atom stereocenters. The Morgan fingerprint density at radius 1 is 1.17 bits per heavy atom. The lowest BCUT2D eigenvalue weighted by Crippen LogP contribution is -2.52. The van der Waals surface area contributed by atoms with Gasteiger partial charge in [-0.25, -0.2) is 9.78 Å². The average molecular weight is 585 g/mol. The van der Waals surface area contributed by atoms with E-state index in [0.29, 0.717) is 24.6 Å². The van der Waals surface area contributed by atoms with Gasteiger partial charge in [0.15, 0.2) is 11.4 Å². The van der Waals surface area contributed by atoms with Crippen molar-refractivity contribution in [3.8, 4) is 0 Å². The van der Waals surface area contributed by atoms with Crippen LogP contribution in [0.4, 0.5) is 4.79 Å². The van der Waals surface area contributed by atoms with E-state index < -0.39 is 11.3 Å². The van der Waals surface area contributed by atoms with Gasteiger partial charge < -0.3 is 18.8 Å². The fraction of sp³-hybridized carbons (Fsp3) is 0.758. The van der Waals surface area contributed by atoms with Gasteiger partial charge in [-0.15, -0.1) is 0 Å². The van der Waals surface area contributed by atoms with Gasteiger partial charge in [0.25, 0.3) is 0 Å². The van der Waals surface area contributed by atoms with Crippen molar-refractivity contribution in [3.63, 3.8) is 0 Å². The topological polar surface area (TPSA) is 95.8 Å². The standard InChI is InChI=1S/C33H52N4O5/c1-31(2,3)42-30(39)37-26(21-41-33(37,6)7)23(18-22-14-15-22)12-10-13-27(38)25-20-34-24-19-28(36(8)29(24)35-25)32(4,5)16-11-17-40-9/h19-20,22-23,26H,10-18,21H2,1-9H3/t23-,26-/m0/s1. The Morgan fingerprint density at radius 3 is 2.52 bits per heavy atom. The number of Topliss-reactive ketones (excluding diaryl/α,β-unsaturated/α-hetero) is 1. The van der Waals surface area contributed by atoms with Gasteiger partial charge in [0.1, 0.15) is 22.5 Å². The normalized spacial score (nSPS) is 19.8. The molecule has 9 nitrogen and oxygen atoms in total. The van der Waals surface area contributed by atoms with Crippen LogP contribution >= 0.6 is 0 Å². The first kappa shape index (κ1) is 32.4. The van der Waals surface area contributed by atoms with Crippen LogP contribution in [-0.4, -0.2) is 69.0 Å². The Morgan fingerprint density at radius 2 is 1.88 bits per heavy atom. The van der Waals surface area contributed by atoms with Crippen molar-refractivity contribution in [2.45, 2.75) is 123 Å². The quantitative estimate of drug-likeness (QED) is 0.188. The average Bonchev–Trinajstić information content (AvgIpc) is 3.56. The Bertz CT molecular complexity index is 1260. The van der Waals surface area contributed by atoms with Crippen LogP contribution in [0.3, 0.4) is 0 Å². The molecule has 2 aromatic rings. The van der Waals surface area contributed by atoms with Gasteiger partial charge in [0.2, 0.25) is 0 Å². The summed E-state index contributed by atoms with van der Waals surface area (Å²) in [5, 5.41) is 0. The fourth-order valence-corrected chi connectivity index (χ4v) is 6.40. The second-order valence-corrected chi connectivity index (χ2v) is 14.5. The number of carbonyl (C=O) groups is 2. The number of hydrogen-bond acceptors (Lipinski definition) is 7. The number of amides is 1. The third kappa shape index (κ3) is 7.70. The molecule has 1 aliphatic heterocycles. The molecule has 0 radical (unpaired) electrons. The minimum Gasteiger partial charge on any atom is -0.444 e. The highest BCUT2D eigenvalue weighted by atomic mass is 16.6. The second-order valence-electron chi connectivity index (χ2n) is 14.5. The van der Waals surface area contributed by atoms with Gasteiger partial charge in [0.05, 0.1) is 18.8 Å². The van der Waals surface area contributed by atoms with Crippen molar-refractivity contribution >= 4 is 23.0 Å². The van der Waals surface area contributed by atoms with E-state index in [-0.39, 0.29) is 29.3 Å². The highest BCUT2D eigenvalue weighted by molar-refractivity contribution is 5.95. The smallest absolute Gasteiger partial charge is 0.412 e. The summed E-state index contributed by atoms with van der Waals surface area (Å²) in [4.78, 5) is 37.8. The minimum absolute atomic E-state index is 0.00340. The number of methoxy groups -OCH3 is 1. The van der Waals surface area contributed by atoms with Crippen molar-refractivity contribution in [1.29, 1.82) is 0 Å². The zero-order valence-corrected chi connectivity index (χ0v) is 27.3. The number of ether oxygens (including phenoxy) is 3. The number of aryl methyl sites for hydroxylation is 1. The molecule has 2 aromatic heterocycles. The van der Waals surface area contributed by atoms with Crippen LogP contribution in [-0.2, 0) is 26.7 Å². The Balaban J connectivity index is 1.44. The summed E-state index contributed by atoms with van der Waals surface area (Å²) in [5.41, 5.74) is 1.72. The number of hydrogen-bond donors (Lipinski definition) is 0. The van der Waals surface area contributed by atoms with E-state index in [2.05, 4.69) is 29.5 Å². The molecule has 42 heavy (non-hydrogen) atoms. The highest BCUT2D eigenvalue weighted by Gasteiger charge is 2.49. The molecule has 4 rings (SSSR count). The lowest BCUT2D eigenvalue weighted by molar-refractivity contribution is -0.0648. The number of ketones is 1. The van der Waals surface area contributed by atoms with E-state index in [1.54, 1.807) is 18.2 Å². The first-order chi connectivity index (χ1) is 19.6. The molecule has 2 aliphatic rings. The minimum atomic E-state index is -0.734. The van der Waals surface area contributed by atoms with Crippen LogP contribution < -0.4 is 0 Å². The monoisotopic (exact) mass is 584 g/mol. The zero-order valence-electron chi connectivity index (χ0n) is 27.3. The maximum absolute atomic E-state index is 13.3. The molecule has 1 saturated heterocycles. The number of fused-ring (bicyclic) bond motifs is 1. The molecule has 2 atom stereocenters. The Labute approximate surface area is 251 Å². The molecule has 234 valence electrons. The van der Waals surface area contributed by atoms with Crippen molar-refractivity contribution < 1.29 is 23.8 Å². The third-order valence-corrected chi connectivity index (χ3v) is 8.83. The van der Waals surface area contributed by atoms with Crippen molar-refractivity contribution in [2.75, 3.05) is 20.3 Å². The van der Waals surface area contributed by atoms with Gasteiger partial charge in [-0.3, -0.25) is 14.7 Å². The number of nitrogens with zero attached hydrogens (tertiary/aromatic N) is 4. The van der Waals surface area contributed by atoms with Crippen LogP contribution in [0.5, 0.6) is 0 Å². The molecular weight excluding hydrogens is 532 g/mol. The number of aromatic nitrogens is 3. The summed E-state index contributed by atoms with van der Waals surface area (Å²) in [7, 11) is 3.73. The first-order valence-electron chi connectivity index (χ1n) is 15.6. The van der Waals surface area contributed by atoms with Crippen molar-refractivity contribution in [1.82, 2.24) is 19.4 Å². The largest absolute Gasteiger partial charge is 0.444 e. The molecule has 3 heterocycles. The van der Waals surface area contributed by atoms with Gasteiger partial charge in [-0.1, -0.05) is 26.7 Å². The summed E-state index contributed by atoms with van der Waals surface area (Å²) in [5.74, 6) is 0.932. The summed E-state index contributed by atoms with van der Waals surface area (Å²) in [6.45, 7) is 15.2. The van der Waals surface area contributed by atoms with E-state index >= 15 is 0 Å². The fourth-order valence-electron chi connectivity index (χ4n) is 6.40. The van der Waals surface area contributed by atoms with Gasteiger partial charge in [0, 0.05) is 38.3 Å². The van der Waals surface area contributed by atoms with E-state index in [1.807, 2.05) is 41.7 Å². The molecule has 0 N–H and O–H groups in total. The summed E-state index contributed by atoms with van der Waals surface area (Å²) < 4.78 is 19.2. The van der Waals surface area contributed by atoms with Crippen LogP contribution in [0.15, 0.2) is 12.3 Å². The van der Waals surface area contributed by atoms with Gasteiger partial charge >= 0.3 is 6.09 Å². The summed E-state index contributed by atoms with van der Waals surface area (Å²) in [6.07, 6.45) is 8.69. The molecule has 2 fully saturated rings. The molecule has 0 spiro atoms. The second kappa shape index (κ2) is 12.6. The number of rotatable bonds is 13. The maximum atomic E-state index is 13.3. The van der Waals surface area contributed by atoms with Crippen LogP contribution in [0, 0.1) is 11.8 Å². The summed E-state index contributed by atoms with van der Waals surface area (Å²) >= 11 is 0. The predicted octanol–water partition coefficient (Wildman–Crippen LogP) is 6.81. The lowest BCUT2D eigenvalue weighted by atomic mass is 9.84. The zero-order chi connectivity index (χ0) is 30.9. The molecule has 0 aromatic carbocycles. The number of carbonyl (C=O) groups excluding carboxylic acids is 2. The predicted molar refractivity (Wildman–Crippen MR) is 164 cm³/mol. The molecule has 1 amide bonds. The lowest BCUT2D eigenvalue weighted by Gasteiger charge is -2.38. The molecule has 9 heteroatoms. The van der Waals surface area contributed by atoms with E-state index in [1.165, 1.54) is 12.8 Å². The van der Waals surface area contributed by atoms with Crippen LogP contribution in [0.2, 0.25) is 0 Å². The van der Waals surface area contributed by atoms with Gasteiger partial charge in [-0.2, -0.15) is 0 Å². The van der Waals surface area contributed by atoms with Crippen molar-refractivity contribution in [2.24, 2.45) is 18.9 Å². The first-order valence-corrected chi connectivity index (χ1v) is 15.6. The van der Waals surface area contributed by atoms with E-state index in [0.717, 1.165) is 55.6 Å². The van der Waals surface area contributed by atoms with Crippen LogP contribution in [0.25, 0.3) is 11.2 Å². The Hall–Kier alpha value is -2.52. The van der Waals surface area contributed by atoms with Crippen molar-refractivity contribution in [3.05, 3.63) is 23.7 Å². The third-order valence-electron chi connectivity index (χ3n) is 8.83. The Kier molecular flexibility index (Phi) is 9.72. The molecule has 1 aliphatic carbocycles. The highest BCUT2D eigenvalue weighted by Crippen LogP contribution is 2.42. The van der Waals surface area contributed by atoms with E-state index in [9.17, 15) is 9.59 Å². The molecular formula is C33H52N4O5. The van der Waals surface area contributed by atoms with E-state index in [4.69, 9.17) is 19.2 Å². The molecule has 0 bridgehead atoms. The van der Waals surface area contributed by atoms with Gasteiger partial charge in [-0.05, 0) is 84.6 Å². The molecule has 1 saturated carbocycles. The maximum Gasteiger partial charge on any atom is 0.412 e. The van der Waals surface area contributed by atoms with Crippen LogP contribution in [0.1, 0.15) is 116 Å².